The number of methoxy groups -OCH3 is 1. The van der Waals surface area contributed by atoms with Crippen LogP contribution in [0.2, 0.25) is 0 Å². The molecule has 2 aliphatic heterocycles. The summed E-state index contributed by atoms with van der Waals surface area (Å²) < 4.78 is 10.1. The molecule has 0 saturated carbocycles. The fourth-order valence-corrected chi connectivity index (χ4v) is 3.63. The third kappa shape index (κ3) is 4.19. The van der Waals surface area contributed by atoms with Gasteiger partial charge in [-0.25, -0.2) is 9.59 Å². The van der Waals surface area contributed by atoms with E-state index in [1.807, 2.05) is 0 Å². The van der Waals surface area contributed by atoms with E-state index in [0.29, 0.717) is 12.8 Å². The minimum Gasteiger partial charge on any atom is -0.467 e. The summed E-state index contributed by atoms with van der Waals surface area (Å²) in [6.07, 6.45) is 2.15. The van der Waals surface area contributed by atoms with Gasteiger partial charge in [-0.3, -0.25) is 4.79 Å². The molecule has 2 rings (SSSR count). The minimum absolute atomic E-state index is 0.0297. The molecule has 2 fully saturated rings. The number of rotatable bonds is 2. The van der Waals surface area contributed by atoms with Gasteiger partial charge >= 0.3 is 12.1 Å². The van der Waals surface area contributed by atoms with Crippen LogP contribution in [-0.2, 0) is 19.1 Å². The maximum absolute atomic E-state index is 13.0. The summed E-state index contributed by atoms with van der Waals surface area (Å²) >= 11 is 0. The molecule has 2 heterocycles. The van der Waals surface area contributed by atoms with E-state index in [1.54, 1.807) is 25.7 Å². The third-order valence-electron chi connectivity index (χ3n) is 4.53. The Morgan fingerprint density at radius 2 is 1.88 bits per heavy atom. The molecule has 136 valence electrons. The zero-order valence-corrected chi connectivity index (χ0v) is 15.1. The van der Waals surface area contributed by atoms with Crippen molar-refractivity contribution in [2.75, 3.05) is 7.11 Å². The van der Waals surface area contributed by atoms with Crippen molar-refractivity contribution in [1.29, 1.82) is 0 Å². The summed E-state index contributed by atoms with van der Waals surface area (Å²) in [5, 5.41) is 2.68. The third-order valence-corrected chi connectivity index (χ3v) is 4.53. The minimum atomic E-state index is -0.676. The molecule has 0 radical (unpaired) electrons. The summed E-state index contributed by atoms with van der Waals surface area (Å²) in [5.74, 6) is -0.347. The normalized spacial score (nSPS) is 30.4. The van der Waals surface area contributed by atoms with E-state index in [2.05, 4.69) is 12.2 Å². The highest BCUT2D eigenvalue weighted by atomic mass is 16.6. The molecule has 0 bridgehead atoms. The second-order valence-corrected chi connectivity index (χ2v) is 7.79. The predicted molar refractivity (Wildman–Crippen MR) is 87.2 cm³/mol. The Kier molecular flexibility index (Phi) is 5.40. The van der Waals surface area contributed by atoms with Gasteiger partial charge in [0.1, 0.15) is 17.7 Å². The standard InChI is InChI=1S/C17H28N2O5/c1-10-8-11-6-7-13(15(21)23-5)19(11)14(20)12(9-10)18-16(22)24-17(2,3)4/h10-13H,6-9H2,1-5H3,(H,18,22)/t10?,11-,12+,13+/m1/s1. The second kappa shape index (κ2) is 6.99. The monoisotopic (exact) mass is 340 g/mol. The molecule has 24 heavy (non-hydrogen) atoms. The van der Waals surface area contributed by atoms with Crippen LogP contribution >= 0.6 is 0 Å². The van der Waals surface area contributed by atoms with Crippen molar-refractivity contribution >= 4 is 18.0 Å². The van der Waals surface area contributed by atoms with Gasteiger partial charge in [-0.05, 0) is 52.4 Å². The Hall–Kier alpha value is -1.79. The quantitative estimate of drug-likeness (QED) is 0.775. The van der Waals surface area contributed by atoms with Crippen LogP contribution in [-0.4, -0.2) is 53.7 Å². The highest BCUT2D eigenvalue weighted by Gasteiger charge is 2.46. The molecule has 4 atom stereocenters. The number of nitrogens with zero attached hydrogens (tertiary/aromatic N) is 1. The Bertz CT molecular complexity index is 514. The van der Waals surface area contributed by atoms with E-state index >= 15 is 0 Å². The van der Waals surface area contributed by atoms with Gasteiger partial charge in [0, 0.05) is 6.04 Å². The number of nitrogens with one attached hydrogen (secondary N) is 1. The average molecular weight is 340 g/mol. The van der Waals surface area contributed by atoms with Crippen molar-refractivity contribution in [2.45, 2.75) is 77.1 Å². The van der Waals surface area contributed by atoms with Crippen molar-refractivity contribution in [3.05, 3.63) is 0 Å². The highest BCUT2D eigenvalue weighted by molar-refractivity contribution is 5.90. The zero-order chi connectivity index (χ0) is 18.1. The van der Waals surface area contributed by atoms with Crippen LogP contribution < -0.4 is 5.32 Å². The van der Waals surface area contributed by atoms with Crippen LogP contribution in [0.15, 0.2) is 0 Å². The van der Waals surface area contributed by atoms with Crippen LogP contribution in [0.4, 0.5) is 4.79 Å². The lowest BCUT2D eigenvalue weighted by molar-refractivity contribution is -0.152. The van der Waals surface area contributed by atoms with Gasteiger partial charge in [0.2, 0.25) is 5.91 Å². The van der Waals surface area contributed by atoms with Crippen LogP contribution in [0.1, 0.15) is 53.4 Å². The summed E-state index contributed by atoms with van der Waals surface area (Å²) in [6, 6.07) is -1.20. The molecular formula is C17H28N2O5. The molecule has 2 amide bonds. The van der Waals surface area contributed by atoms with E-state index in [0.717, 1.165) is 12.8 Å². The lowest BCUT2D eigenvalue weighted by atomic mass is 9.96. The van der Waals surface area contributed by atoms with E-state index in [-0.39, 0.29) is 17.9 Å². The molecule has 7 heteroatoms. The molecule has 0 aromatic heterocycles. The summed E-state index contributed by atoms with van der Waals surface area (Å²) in [5.41, 5.74) is -0.631. The SMILES string of the molecule is COC(=O)[C@@H]1CC[C@@H]2CC(C)C[C@H](NC(=O)OC(C)(C)C)C(=O)N21. The Morgan fingerprint density at radius 3 is 2.46 bits per heavy atom. The summed E-state index contributed by atoms with van der Waals surface area (Å²) in [7, 11) is 1.33. The van der Waals surface area contributed by atoms with Crippen LogP contribution in [0.3, 0.4) is 0 Å². The van der Waals surface area contributed by atoms with Crippen LogP contribution in [0, 0.1) is 5.92 Å². The number of hydrogen-bond acceptors (Lipinski definition) is 5. The van der Waals surface area contributed by atoms with E-state index in [1.165, 1.54) is 7.11 Å². The summed E-state index contributed by atoms with van der Waals surface area (Å²) in [6.45, 7) is 7.38. The summed E-state index contributed by atoms with van der Waals surface area (Å²) in [4.78, 5) is 38.6. The number of hydrogen-bond donors (Lipinski definition) is 1. The maximum atomic E-state index is 13.0. The lowest BCUT2D eigenvalue weighted by Crippen LogP contribution is -2.53. The van der Waals surface area contributed by atoms with E-state index < -0.39 is 29.7 Å². The fourth-order valence-electron chi connectivity index (χ4n) is 3.63. The topological polar surface area (TPSA) is 84.9 Å². The number of esters is 1. The number of fused-ring (bicyclic) bond motifs is 1. The Balaban J connectivity index is 2.16. The van der Waals surface area contributed by atoms with Gasteiger partial charge in [-0.1, -0.05) is 6.92 Å². The first-order valence-corrected chi connectivity index (χ1v) is 8.52. The van der Waals surface area contributed by atoms with Gasteiger partial charge in [0.05, 0.1) is 7.11 Å². The molecule has 2 aliphatic rings. The first-order chi connectivity index (χ1) is 11.1. The zero-order valence-electron chi connectivity index (χ0n) is 15.1. The molecule has 0 spiro atoms. The highest BCUT2D eigenvalue weighted by Crippen LogP contribution is 2.34. The first kappa shape index (κ1) is 18.5. The van der Waals surface area contributed by atoms with E-state index in [9.17, 15) is 14.4 Å². The van der Waals surface area contributed by atoms with Gasteiger partial charge < -0.3 is 19.7 Å². The molecule has 1 N–H and O–H groups in total. The molecule has 0 aromatic carbocycles. The van der Waals surface area contributed by atoms with Crippen molar-refractivity contribution in [3.63, 3.8) is 0 Å². The Morgan fingerprint density at radius 1 is 1.21 bits per heavy atom. The van der Waals surface area contributed by atoms with Crippen LogP contribution in [0.5, 0.6) is 0 Å². The molecule has 2 saturated heterocycles. The van der Waals surface area contributed by atoms with Gasteiger partial charge in [-0.15, -0.1) is 0 Å². The number of ether oxygens (including phenoxy) is 2. The molecule has 0 aliphatic carbocycles. The van der Waals surface area contributed by atoms with Crippen molar-refractivity contribution in [2.24, 2.45) is 5.92 Å². The second-order valence-electron chi connectivity index (χ2n) is 7.79. The largest absolute Gasteiger partial charge is 0.467 e. The van der Waals surface area contributed by atoms with E-state index in [4.69, 9.17) is 9.47 Å². The van der Waals surface area contributed by atoms with Gasteiger partial charge in [0.25, 0.3) is 0 Å². The van der Waals surface area contributed by atoms with Crippen molar-refractivity contribution in [3.8, 4) is 0 Å². The van der Waals surface area contributed by atoms with Crippen LogP contribution in [0.25, 0.3) is 0 Å². The maximum Gasteiger partial charge on any atom is 0.408 e. The van der Waals surface area contributed by atoms with Gasteiger partial charge in [-0.2, -0.15) is 0 Å². The lowest BCUT2D eigenvalue weighted by Gasteiger charge is -2.30. The van der Waals surface area contributed by atoms with Gasteiger partial charge in [0.15, 0.2) is 0 Å². The predicted octanol–water partition coefficient (Wildman–Crippen LogP) is 1.84. The number of amides is 2. The van der Waals surface area contributed by atoms with Crippen molar-refractivity contribution < 1.29 is 23.9 Å². The first-order valence-electron chi connectivity index (χ1n) is 8.52. The molecule has 1 unspecified atom stereocenters. The van der Waals surface area contributed by atoms with Crippen molar-refractivity contribution in [1.82, 2.24) is 10.2 Å². The molecular weight excluding hydrogens is 312 g/mol. The Labute approximate surface area is 143 Å². The molecule has 7 nitrogen and oxygen atoms in total. The average Bonchev–Trinajstić information content (AvgIpc) is 2.81. The smallest absolute Gasteiger partial charge is 0.408 e. The number of carbonyl (C=O) groups is 3. The number of alkyl carbamates (subject to hydrolysis) is 1. The molecule has 0 aromatic rings. The number of carbonyl (C=O) groups excluding carboxylic acids is 3. The fraction of sp³-hybridized carbons (Fsp3) is 0.824.